The van der Waals surface area contributed by atoms with Crippen LogP contribution >= 0.6 is 0 Å². The number of H-pyrrole nitrogens is 1. The van der Waals surface area contributed by atoms with Crippen LogP contribution in [0.4, 0.5) is 0 Å². The monoisotopic (exact) mass is 701 g/mol. The number of amides is 5. The van der Waals surface area contributed by atoms with Crippen LogP contribution in [0.1, 0.15) is 97.3 Å². The van der Waals surface area contributed by atoms with Crippen LogP contribution in [0.15, 0.2) is 30.3 Å². The van der Waals surface area contributed by atoms with E-state index in [0.717, 1.165) is 5.56 Å². The van der Waals surface area contributed by atoms with Gasteiger partial charge in [0, 0.05) is 36.3 Å². The highest BCUT2D eigenvalue weighted by atomic mass is 16.2. The van der Waals surface area contributed by atoms with Gasteiger partial charge in [0.05, 0.1) is 12.6 Å². The summed E-state index contributed by atoms with van der Waals surface area (Å²) in [5.74, 6) is -1.69. The van der Waals surface area contributed by atoms with E-state index in [1.54, 1.807) is 13.8 Å². The van der Waals surface area contributed by atoms with Crippen molar-refractivity contribution in [3.05, 3.63) is 58.7 Å². The minimum atomic E-state index is -1.02. The number of carbonyl (C=O) groups excluding carboxylic acids is 6. The summed E-state index contributed by atoms with van der Waals surface area (Å²) >= 11 is 0. The van der Waals surface area contributed by atoms with Crippen molar-refractivity contribution in [1.29, 1.82) is 0 Å². The molecule has 0 fully saturated rings. The van der Waals surface area contributed by atoms with Crippen molar-refractivity contribution in [2.24, 2.45) is 5.92 Å². The van der Waals surface area contributed by atoms with Crippen LogP contribution in [-0.2, 0) is 32.1 Å². The summed E-state index contributed by atoms with van der Waals surface area (Å²) in [5.41, 5.74) is 2.75. The molecule has 0 unspecified atom stereocenters. The van der Waals surface area contributed by atoms with Gasteiger partial charge in [-0.15, -0.1) is 0 Å². The number of benzene rings is 1. The van der Waals surface area contributed by atoms with Crippen LogP contribution in [0.3, 0.4) is 0 Å². The summed E-state index contributed by atoms with van der Waals surface area (Å²) < 4.78 is 1.45. The van der Waals surface area contributed by atoms with Crippen LogP contribution in [0.2, 0.25) is 0 Å². The van der Waals surface area contributed by atoms with Gasteiger partial charge in [-0.05, 0) is 57.9 Å². The summed E-state index contributed by atoms with van der Waals surface area (Å²) in [7, 11) is 0. The summed E-state index contributed by atoms with van der Waals surface area (Å²) in [4.78, 5) is 89.2. The van der Waals surface area contributed by atoms with E-state index in [-0.39, 0.29) is 49.5 Å². The molecule has 2 aromatic heterocycles. The minimum Gasteiger partial charge on any atom is -0.354 e. The van der Waals surface area contributed by atoms with Gasteiger partial charge in [-0.25, -0.2) is 9.67 Å². The van der Waals surface area contributed by atoms with Crippen LogP contribution in [-0.4, -0.2) is 91.7 Å². The molecule has 15 nitrogen and oxygen atoms in total. The number of rotatable bonds is 4. The molecule has 3 heterocycles. The standard InChI is InChI=1S/C36H47N9O6/c1-20(2)17-26-35(50)39-22(4)33-42-32(24-11-7-6-8-12-24)43-45(33)19-28(47)37-15-10-16-44(18-29(48)38-23(5)34(49)41-26)36(51)31-21(3)30-25(40-31)13-9-14-27(30)46/h6-8,11-12,20,22-23,26,40H,9-10,13-19H2,1-5H3,(H,37,47)(H,38,48)(H,39,50)(H,41,49)/t22-,23+,26+/m0/s1. The van der Waals surface area contributed by atoms with E-state index in [0.29, 0.717) is 60.6 Å². The Bertz CT molecular complexity index is 1800. The Kier molecular flexibility index (Phi) is 11.7. The zero-order chi connectivity index (χ0) is 36.8. The van der Waals surface area contributed by atoms with Crippen molar-refractivity contribution < 1.29 is 28.8 Å². The molecule has 1 aromatic carbocycles. The third-order valence-corrected chi connectivity index (χ3v) is 9.08. The van der Waals surface area contributed by atoms with Crippen LogP contribution < -0.4 is 21.3 Å². The fourth-order valence-electron chi connectivity index (χ4n) is 6.49. The van der Waals surface area contributed by atoms with E-state index in [4.69, 9.17) is 0 Å². The molecular formula is C36H47N9O6. The molecule has 3 aromatic rings. The molecule has 15 heteroatoms. The number of ketones is 1. The number of aromatic nitrogens is 4. The zero-order valence-electron chi connectivity index (χ0n) is 29.8. The lowest BCUT2D eigenvalue weighted by molar-refractivity contribution is -0.132. The van der Waals surface area contributed by atoms with Gasteiger partial charge in [-0.3, -0.25) is 28.8 Å². The summed E-state index contributed by atoms with van der Waals surface area (Å²) in [6.45, 7) is 8.52. The van der Waals surface area contributed by atoms with Crippen LogP contribution in [0, 0.1) is 12.8 Å². The molecular weight excluding hydrogens is 654 g/mol. The summed E-state index contributed by atoms with van der Waals surface area (Å²) in [6, 6.07) is 6.63. The molecule has 0 bridgehead atoms. The molecule has 5 N–H and O–H groups in total. The molecule has 1 aliphatic heterocycles. The van der Waals surface area contributed by atoms with E-state index in [2.05, 4.69) is 36.3 Å². The number of hydrogen-bond acceptors (Lipinski definition) is 8. The first-order valence-corrected chi connectivity index (χ1v) is 17.5. The highest BCUT2D eigenvalue weighted by Gasteiger charge is 2.31. The molecule has 0 radical (unpaired) electrons. The molecule has 2 aliphatic rings. The maximum Gasteiger partial charge on any atom is 0.271 e. The van der Waals surface area contributed by atoms with Crippen molar-refractivity contribution in [1.82, 2.24) is 45.9 Å². The zero-order valence-corrected chi connectivity index (χ0v) is 29.8. The fourth-order valence-corrected chi connectivity index (χ4v) is 6.49. The lowest BCUT2D eigenvalue weighted by atomic mass is 9.94. The third kappa shape index (κ3) is 8.88. The van der Waals surface area contributed by atoms with Crippen LogP contribution in [0.25, 0.3) is 11.4 Å². The Hall–Kier alpha value is -5.34. The first kappa shape index (κ1) is 36.9. The van der Waals surface area contributed by atoms with Crippen molar-refractivity contribution >= 4 is 35.3 Å². The van der Waals surface area contributed by atoms with Gasteiger partial charge in [0.1, 0.15) is 30.1 Å². The third-order valence-electron chi connectivity index (χ3n) is 9.08. The number of aryl methyl sites for hydroxylation is 1. The molecule has 5 rings (SSSR count). The Balaban J connectivity index is 1.43. The summed E-state index contributed by atoms with van der Waals surface area (Å²) in [5, 5.41) is 15.8. The molecule has 0 saturated carbocycles. The number of nitrogens with one attached hydrogen (secondary N) is 5. The van der Waals surface area contributed by atoms with Gasteiger partial charge in [0.15, 0.2) is 11.6 Å². The van der Waals surface area contributed by atoms with E-state index in [1.165, 1.54) is 16.5 Å². The number of fused-ring (bicyclic) bond motifs is 2. The number of carbonyl (C=O) groups is 6. The molecule has 0 saturated heterocycles. The number of Topliss-reactive ketones (excluding diaryl/α,β-unsaturated/α-hetero) is 1. The lowest BCUT2D eigenvalue weighted by Gasteiger charge is -2.25. The first-order valence-electron chi connectivity index (χ1n) is 17.5. The highest BCUT2D eigenvalue weighted by Crippen LogP contribution is 2.27. The predicted molar refractivity (Wildman–Crippen MR) is 187 cm³/mol. The second kappa shape index (κ2) is 16.1. The van der Waals surface area contributed by atoms with Crippen molar-refractivity contribution in [2.45, 2.75) is 91.4 Å². The Morgan fingerprint density at radius 3 is 2.35 bits per heavy atom. The predicted octanol–water partition coefficient (Wildman–Crippen LogP) is 1.98. The smallest absolute Gasteiger partial charge is 0.271 e. The summed E-state index contributed by atoms with van der Waals surface area (Å²) in [6.07, 6.45) is 2.37. The minimum absolute atomic E-state index is 0.0230. The van der Waals surface area contributed by atoms with Gasteiger partial charge in [0.25, 0.3) is 5.91 Å². The average Bonchev–Trinajstić information content (AvgIpc) is 3.66. The maximum atomic E-state index is 13.9. The lowest BCUT2D eigenvalue weighted by Crippen LogP contribution is -2.54. The van der Waals surface area contributed by atoms with Gasteiger partial charge in [0.2, 0.25) is 23.6 Å². The average molecular weight is 702 g/mol. The molecule has 0 spiro atoms. The van der Waals surface area contributed by atoms with Crippen molar-refractivity contribution in [3.8, 4) is 11.4 Å². The SMILES string of the molecule is Cc1c(C(=O)N2CCCNC(=O)Cn3nc(-c4ccccc4)nc3[C@H](C)NC(=O)[C@@H](CC(C)C)NC(=O)[C@@H](C)NC(=O)C2)[nH]c2c1C(=O)CCC2. The molecule has 1 aliphatic carbocycles. The second-order valence-electron chi connectivity index (χ2n) is 13.7. The topological polar surface area (TPSA) is 200 Å². The first-order chi connectivity index (χ1) is 24.3. The fraction of sp³-hybridized carbons (Fsp3) is 0.500. The van der Waals surface area contributed by atoms with E-state index < -0.39 is 41.8 Å². The molecule has 272 valence electrons. The molecule has 5 amide bonds. The quantitative estimate of drug-likeness (QED) is 0.272. The number of nitrogens with zero attached hydrogens (tertiary/aromatic N) is 4. The Morgan fingerprint density at radius 2 is 1.65 bits per heavy atom. The van der Waals surface area contributed by atoms with Gasteiger partial charge >= 0.3 is 0 Å². The Morgan fingerprint density at radius 1 is 0.902 bits per heavy atom. The van der Waals surface area contributed by atoms with E-state index >= 15 is 0 Å². The number of aromatic amines is 1. The van der Waals surface area contributed by atoms with Gasteiger partial charge in [-0.2, -0.15) is 5.10 Å². The Labute approximate surface area is 296 Å². The van der Waals surface area contributed by atoms with Crippen LogP contribution in [0.5, 0.6) is 0 Å². The second-order valence-corrected chi connectivity index (χ2v) is 13.7. The van der Waals surface area contributed by atoms with Crippen molar-refractivity contribution in [3.63, 3.8) is 0 Å². The van der Waals surface area contributed by atoms with Gasteiger partial charge < -0.3 is 31.2 Å². The normalized spacial score (nSPS) is 21.3. The largest absolute Gasteiger partial charge is 0.354 e. The van der Waals surface area contributed by atoms with Crippen molar-refractivity contribution in [2.75, 3.05) is 19.6 Å². The number of hydrogen-bond donors (Lipinski definition) is 5. The van der Waals surface area contributed by atoms with E-state index in [1.807, 2.05) is 44.2 Å². The molecule has 51 heavy (non-hydrogen) atoms. The van der Waals surface area contributed by atoms with Gasteiger partial charge in [-0.1, -0.05) is 44.2 Å². The highest BCUT2D eigenvalue weighted by molar-refractivity contribution is 6.05. The maximum absolute atomic E-state index is 13.9. The van der Waals surface area contributed by atoms with E-state index in [9.17, 15) is 28.8 Å². The molecule has 3 atom stereocenters.